The standard InChI is InChI=1S/C16H22O2/c1-4-11(2)16(17)14-9-10-15(18-3)13-8-6-5-7-12(13)14/h9-11H,4-8H2,1-3H3. The van der Waals surface area contributed by atoms with Gasteiger partial charge in [-0.3, -0.25) is 4.79 Å². The SMILES string of the molecule is CCC(C)C(=O)c1ccc(OC)c2c1CCCC2. The third-order valence-electron chi connectivity index (χ3n) is 4.04. The second kappa shape index (κ2) is 5.55. The quantitative estimate of drug-likeness (QED) is 0.755. The van der Waals surface area contributed by atoms with E-state index in [0.29, 0.717) is 5.78 Å². The number of hydrogen-bond donors (Lipinski definition) is 0. The van der Waals surface area contributed by atoms with Gasteiger partial charge in [0.2, 0.25) is 0 Å². The van der Waals surface area contributed by atoms with Gasteiger partial charge in [0.25, 0.3) is 0 Å². The summed E-state index contributed by atoms with van der Waals surface area (Å²) in [6, 6.07) is 3.91. The molecule has 0 heterocycles. The lowest BCUT2D eigenvalue weighted by Crippen LogP contribution is -2.16. The van der Waals surface area contributed by atoms with Gasteiger partial charge in [0.1, 0.15) is 5.75 Å². The number of hydrogen-bond acceptors (Lipinski definition) is 2. The second-order valence-electron chi connectivity index (χ2n) is 5.15. The van der Waals surface area contributed by atoms with Gasteiger partial charge in [0.05, 0.1) is 7.11 Å². The van der Waals surface area contributed by atoms with Crippen molar-refractivity contribution in [1.29, 1.82) is 0 Å². The highest BCUT2D eigenvalue weighted by Crippen LogP contribution is 2.33. The molecule has 18 heavy (non-hydrogen) atoms. The number of carbonyl (C=O) groups is 1. The van der Waals surface area contributed by atoms with Crippen molar-refractivity contribution >= 4 is 5.78 Å². The fraction of sp³-hybridized carbons (Fsp3) is 0.562. The minimum atomic E-state index is 0.115. The van der Waals surface area contributed by atoms with Crippen molar-refractivity contribution in [1.82, 2.24) is 0 Å². The highest BCUT2D eigenvalue weighted by molar-refractivity contribution is 5.99. The third kappa shape index (κ3) is 2.29. The summed E-state index contributed by atoms with van der Waals surface area (Å²) < 4.78 is 5.42. The molecule has 0 spiro atoms. The number of ether oxygens (including phenoxy) is 1. The summed E-state index contributed by atoms with van der Waals surface area (Å²) in [6.45, 7) is 4.08. The Hall–Kier alpha value is -1.31. The maximum Gasteiger partial charge on any atom is 0.165 e. The third-order valence-corrected chi connectivity index (χ3v) is 4.04. The zero-order valence-corrected chi connectivity index (χ0v) is 11.6. The number of benzene rings is 1. The van der Waals surface area contributed by atoms with Crippen molar-refractivity contribution in [3.63, 3.8) is 0 Å². The molecule has 0 fully saturated rings. The average molecular weight is 246 g/mol. The molecule has 0 saturated heterocycles. The van der Waals surface area contributed by atoms with Gasteiger partial charge in [0.15, 0.2) is 5.78 Å². The van der Waals surface area contributed by atoms with Crippen LogP contribution in [0.25, 0.3) is 0 Å². The average Bonchev–Trinajstić information content (AvgIpc) is 2.44. The van der Waals surface area contributed by atoms with E-state index >= 15 is 0 Å². The van der Waals surface area contributed by atoms with Crippen LogP contribution in [0, 0.1) is 5.92 Å². The Morgan fingerprint density at radius 3 is 2.56 bits per heavy atom. The van der Waals surface area contributed by atoms with E-state index in [1.165, 1.54) is 24.0 Å². The molecule has 0 aliphatic heterocycles. The van der Waals surface area contributed by atoms with E-state index in [1.54, 1.807) is 7.11 Å². The number of methoxy groups -OCH3 is 1. The molecule has 2 rings (SSSR count). The van der Waals surface area contributed by atoms with Gasteiger partial charge in [0, 0.05) is 11.5 Å². The molecule has 0 bridgehead atoms. The van der Waals surface area contributed by atoms with E-state index < -0.39 is 0 Å². The lowest BCUT2D eigenvalue weighted by atomic mass is 9.84. The predicted molar refractivity (Wildman–Crippen MR) is 73.4 cm³/mol. The van der Waals surface area contributed by atoms with Gasteiger partial charge in [-0.2, -0.15) is 0 Å². The highest BCUT2D eigenvalue weighted by Gasteiger charge is 2.23. The molecular formula is C16H22O2. The minimum Gasteiger partial charge on any atom is -0.496 e. The molecule has 1 unspecified atom stereocenters. The van der Waals surface area contributed by atoms with Gasteiger partial charge in [-0.1, -0.05) is 13.8 Å². The molecule has 0 aromatic heterocycles. The first-order valence-corrected chi connectivity index (χ1v) is 6.92. The summed E-state index contributed by atoms with van der Waals surface area (Å²) in [6.07, 6.45) is 5.34. The first-order chi connectivity index (χ1) is 8.69. The topological polar surface area (TPSA) is 26.3 Å². The van der Waals surface area contributed by atoms with Crippen LogP contribution in [0.15, 0.2) is 12.1 Å². The van der Waals surface area contributed by atoms with Gasteiger partial charge in [-0.05, 0) is 55.4 Å². The Balaban J connectivity index is 2.46. The van der Waals surface area contributed by atoms with Crippen molar-refractivity contribution in [2.75, 3.05) is 7.11 Å². The molecule has 98 valence electrons. The lowest BCUT2D eigenvalue weighted by molar-refractivity contribution is 0.0926. The summed E-state index contributed by atoms with van der Waals surface area (Å²) in [5.41, 5.74) is 3.43. The zero-order chi connectivity index (χ0) is 13.1. The van der Waals surface area contributed by atoms with E-state index in [9.17, 15) is 4.79 Å². The van der Waals surface area contributed by atoms with Crippen molar-refractivity contribution in [3.05, 3.63) is 28.8 Å². The van der Waals surface area contributed by atoms with Crippen LogP contribution >= 0.6 is 0 Å². The van der Waals surface area contributed by atoms with E-state index in [2.05, 4.69) is 6.92 Å². The first kappa shape index (κ1) is 13.1. The van der Waals surface area contributed by atoms with Crippen molar-refractivity contribution < 1.29 is 9.53 Å². The van der Waals surface area contributed by atoms with E-state index in [1.807, 2.05) is 19.1 Å². The van der Waals surface area contributed by atoms with Crippen LogP contribution in [0.2, 0.25) is 0 Å². The molecule has 1 atom stereocenters. The van der Waals surface area contributed by atoms with E-state index in [4.69, 9.17) is 4.74 Å². The zero-order valence-electron chi connectivity index (χ0n) is 11.6. The van der Waals surface area contributed by atoms with Crippen LogP contribution in [-0.2, 0) is 12.8 Å². The Morgan fingerprint density at radius 2 is 1.94 bits per heavy atom. The van der Waals surface area contributed by atoms with Crippen LogP contribution in [0.4, 0.5) is 0 Å². The number of rotatable bonds is 4. The second-order valence-corrected chi connectivity index (χ2v) is 5.15. The smallest absolute Gasteiger partial charge is 0.165 e. The molecule has 1 aromatic rings. The predicted octanol–water partition coefficient (Wildman–Crippen LogP) is 3.80. The van der Waals surface area contributed by atoms with E-state index in [-0.39, 0.29) is 5.92 Å². The number of ketones is 1. The minimum absolute atomic E-state index is 0.115. The molecule has 0 saturated carbocycles. The number of Topliss-reactive ketones (excluding diaryl/α,β-unsaturated/α-hetero) is 1. The van der Waals surface area contributed by atoms with Gasteiger partial charge in [-0.25, -0.2) is 0 Å². The molecule has 2 heteroatoms. The van der Waals surface area contributed by atoms with Crippen molar-refractivity contribution in [2.24, 2.45) is 5.92 Å². The molecule has 2 nitrogen and oxygen atoms in total. The van der Waals surface area contributed by atoms with Gasteiger partial charge < -0.3 is 4.74 Å². The van der Waals surface area contributed by atoms with Gasteiger partial charge >= 0.3 is 0 Å². The van der Waals surface area contributed by atoms with E-state index in [0.717, 1.165) is 30.6 Å². The number of carbonyl (C=O) groups excluding carboxylic acids is 1. The van der Waals surface area contributed by atoms with Gasteiger partial charge in [-0.15, -0.1) is 0 Å². The maximum absolute atomic E-state index is 12.4. The highest BCUT2D eigenvalue weighted by atomic mass is 16.5. The molecule has 0 N–H and O–H groups in total. The first-order valence-electron chi connectivity index (χ1n) is 6.92. The Labute approximate surface area is 109 Å². The number of fused-ring (bicyclic) bond motifs is 1. The monoisotopic (exact) mass is 246 g/mol. The van der Waals surface area contributed by atoms with Crippen LogP contribution < -0.4 is 4.74 Å². The Bertz CT molecular complexity index is 449. The van der Waals surface area contributed by atoms with Crippen molar-refractivity contribution in [2.45, 2.75) is 46.0 Å². The summed E-state index contributed by atoms with van der Waals surface area (Å²) in [5, 5.41) is 0. The normalized spacial score (nSPS) is 15.9. The maximum atomic E-state index is 12.4. The molecular weight excluding hydrogens is 224 g/mol. The molecule has 1 aliphatic rings. The molecule has 1 aromatic carbocycles. The van der Waals surface area contributed by atoms with Crippen LogP contribution in [0.3, 0.4) is 0 Å². The summed E-state index contributed by atoms with van der Waals surface area (Å²) >= 11 is 0. The molecule has 0 amide bonds. The Morgan fingerprint density at radius 1 is 1.28 bits per heavy atom. The van der Waals surface area contributed by atoms with Crippen molar-refractivity contribution in [3.8, 4) is 5.75 Å². The fourth-order valence-electron chi connectivity index (χ4n) is 2.71. The summed E-state index contributed by atoms with van der Waals surface area (Å²) in [4.78, 5) is 12.4. The van der Waals surface area contributed by atoms with Crippen LogP contribution in [0.1, 0.15) is 54.6 Å². The molecule has 1 aliphatic carbocycles. The molecule has 0 radical (unpaired) electrons. The fourth-order valence-corrected chi connectivity index (χ4v) is 2.71. The Kier molecular flexibility index (Phi) is 4.05. The van der Waals surface area contributed by atoms with Crippen LogP contribution in [-0.4, -0.2) is 12.9 Å². The lowest BCUT2D eigenvalue weighted by Gasteiger charge is -2.22. The summed E-state index contributed by atoms with van der Waals surface area (Å²) in [5.74, 6) is 1.35. The largest absolute Gasteiger partial charge is 0.496 e. The summed E-state index contributed by atoms with van der Waals surface area (Å²) in [7, 11) is 1.71. The van der Waals surface area contributed by atoms with Crippen LogP contribution in [0.5, 0.6) is 5.75 Å².